The van der Waals surface area contributed by atoms with E-state index in [2.05, 4.69) is 30.2 Å². The number of pyridine rings is 1. The Hall–Kier alpha value is -3.20. The van der Waals surface area contributed by atoms with Gasteiger partial charge in [0, 0.05) is 24.0 Å². The second-order valence-corrected chi connectivity index (χ2v) is 5.15. The molecule has 25 heavy (non-hydrogen) atoms. The molecular formula is C15H14ClN7O2. The van der Waals surface area contributed by atoms with Crippen LogP contribution in [0.2, 0.25) is 5.15 Å². The Bertz CT molecular complexity index is 907. The minimum atomic E-state index is 0.0948. The highest BCUT2D eigenvalue weighted by atomic mass is 35.5. The summed E-state index contributed by atoms with van der Waals surface area (Å²) in [7, 11) is 3.00. The molecule has 0 spiro atoms. The van der Waals surface area contributed by atoms with Crippen LogP contribution >= 0.6 is 11.6 Å². The van der Waals surface area contributed by atoms with Crippen LogP contribution in [0.3, 0.4) is 0 Å². The van der Waals surface area contributed by atoms with Gasteiger partial charge >= 0.3 is 0 Å². The predicted molar refractivity (Wildman–Crippen MR) is 93.1 cm³/mol. The van der Waals surface area contributed by atoms with Crippen LogP contribution in [0.1, 0.15) is 0 Å². The Balaban J connectivity index is 1.92. The fourth-order valence-electron chi connectivity index (χ4n) is 2.01. The predicted octanol–water partition coefficient (Wildman–Crippen LogP) is 2.32. The Morgan fingerprint density at radius 3 is 2.48 bits per heavy atom. The standard InChI is InChI=1S/C15H14ClN7O2/c1-24-12-6-10(20-14(17)22-12)9-5-8(3-4-18-9)19-15-21-11(16)7-13(23-15)25-2/h3-7H,1-2H3,(H2,17,20,22)(H,18,19,21,23). The minimum absolute atomic E-state index is 0.0948. The third-order valence-electron chi connectivity index (χ3n) is 3.09. The Morgan fingerprint density at radius 1 is 0.960 bits per heavy atom. The van der Waals surface area contributed by atoms with Crippen LogP contribution in [-0.4, -0.2) is 39.1 Å². The maximum absolute atomic E-state index is 5.94. The lowest BCUT2D eigenvalue weighted by Gasteiger charge is -2.09. The first-order chi connectivity index (χ1) is 12.1. The summed E-state index contributed by atoms with van der Waals surface area (Å²) in [5.74, 6) is 1.09. The number of nitrogen functional groups attached to an aromatic ring is 1. The molecule has 0 radical (unpaired) electrons. The molecule has 0 fully saturated rings. The number of aromatic nitrogens is 5. The van der Waals surface area contributed by atoms with E-state index in [1.54, 1.807) is 24.4 Å². The second-order valence-electron chi connectivity index (χ2n) is 4.77. The number of nitrogens with two attached hydrogens (primary N) is 1. The van der Waals surface area contributed by atoms with E-state index in [9.17, 15) is 0 Å². The fraction of sp³-hybridized carbons (Fsp3) is 0.133. The van der Waals surface area contributed by atoms with Crippen LogP contribution in [-0.2, 0) is 0 Å². The second kappa shape index (κ2) is 7.14. The van der Waals surface area contributed by atoms with E-state index >= 15 is 0 Å². The Labute approximate surface area is 148 Å². The van der Waals surface area contributed by atoms with Gasteiger partial charge in [0.15, 0.2) is 0 Å². The van der Waals surface area contributed by atoms with Gasteiger partial charge in [-0.3, -0.25) is 4.98 Å². The topological polar surface area (TPSA) is 121 Å². The van der Waals surface area contributed by atoms with Gasteiger partial charge in [-0.25, -0.2) is 9.97 Å². The molecule has 128 valence electrons. The summed E-state index contributed by atoms with van der Waals surface area (Å²) in [6.07, 6.45) is 1.62. The molecule has 0 bridgehead atoms. The lowest BCUT2D eigenvalue weighted by Crippen LogP contribution is -2.01. The van der Waals surface area contributed by atoms with Crippen LogP contribution in [0.15, 0.2) is 30.5 Å². The van der Waals surface area contributed by atoms with E-state index in [0.29, 0.717) is 34.8 Å². The average Bonchev–Trinajstić information content (AvgIpc) is 2.60. The van der Waals surface area contributed by atoms with Gasteiger partial charge in [0.2, 0.25) is 23.7 Å². The van der Waals surface area contributed by atoms with Crippen molar-refractivity contribution in [1.82, 2.24) is 24.9 Å². The number of hydrogen-bond donors (Lipinski definition) is 2. The van der Waals surface area contributed by atoms with E-state index in [1.807, 2.05) is 0 Å². The van der Waals surface area contributed by atoms with Gasteiger partial charge in [-0.1, -0.05) is 11.6 Å². The maximum Gasteiger partial charge on any atom is 0.231 e. The summed E-state index contributed by atoms with van der Waals surface area (Å²) in [6.45, 7) is 0. The summed E-state index contributed by atoms with van der Waals surface area (Å²) in [5.41, 5.74) is 7.47. The first-order valence-corrected chi connectivity index (χ1v) is 7.46. The third-order valence-corrected chi connectivity index (χ3v) is 3.28. The number of hydrogen-bond acceptors (Lipinski definition) is 9. The van der Waals surface area contributed by atoms with Gasteiger partial charge in [0.25, 0.3) is 0 Å². The summed E-state index contributed by atoms with van der Waals surface area (Å²) >= 11 is 5.94. The molecule has 0 aromatic carbocycles. The van der Waals surface area contributed by atoms with Crippen molar-refractivity contribution in [2.75, 3.05) is 25.3 Å². The molecule has 0 aliphatic heterocycles. The van der Waals surface area contributed by atoms with Crippen molar-refractivity contribution in [3.05, 3.63) is 35.6 Å². The molecule has 3 heterocycles. The summed E-state index contributed by atoms with van der Waals surface area (Å²) in [6, 6.07) is 6.67. The Morgan fingerprint density at radius 2 is 1.72 bits per heavy atom. The van der Waals surface area contributed by atoms with Crippen molar-refractivity contribution in [2.45, 2.75) is 0 Å². The molecule has 0 saturated carbocycles. The molecule has 3 aromatic heterocycles. The average molecular weight is 360 g/mol. The maximum atomic E-state index is 5.94. The fourth-order valence-corrected chi connectivity index (χ4v) is 2.19. The SMILES string of the molecule is COc1cc(-c2cc(Nc3nc(Cl)cc(OC)n3)ccn2)nc(N)n1. The van der Waals surface area contributed by atoms with Gasteiger partial charge in [-0.05, 0) is 12.1 Å². The highest BCUT2D eigenvalue weighted by Gasteiger charge is 2.09. The third kappa shape index (κ3) is 4.01. The molecule has 3 aromatic rings. The van der Waals surface area contributed by atoms with E-state index < -0.39 is 0 Å². The highest BCUT2D eigenvalue weighted by Crippen LogP contribution is 2.24. The number of anilines is 3. The zero-order valence-corrected chi connectivity index (χ0v) is 14.2. The van der Waals surface area contributed by atoms with Crippen LogP contribution in [0.25, 0.3) is 11.4 Å². The molecule has 3 N–H and O–H groups in total. The first kappa shape index (κ1) is 16.7. The van der Waals surface area contributed by atoms with Crippen LogP contribution in [0.4, 0.5) is 17.6 Å². The largest absolute Gasteiger partial charge is 0.481 e. The summed E-state index contributed by atoms with van der Waals surface area (Å²) < 4.78 is 10.2. The molecule has 10 heteroatoms. The van der Waals surface area contributed by atoms with Gasteiger partial charge in [-0.2, -0.15) is 9.97 Å². The van der Waals surface area contributed by atoms with Gasteiger partial charge in [0.1, 0.15) is 5.15 Å². The van der Waals surface area contributed by atoms with Gasteiger partial charge in [0.05, 0.1) is 25.6 Å². The van der Waals surface area contributed by atoms with Gasteiger partial charge < -0.3 is 20.5 Å². The highest BCUT2D eigenvalue weighted by molar-refractivity contribution is 6.29. The van der Waals surface area contributed by atoms with E-state index in [0.717, 1.165) is 0 Å². The van der Waals surface area contributed by atoms with Crippen LogP contribution in [0.5, 0.6) is 11.8 Å². The van der Waals surface area contributed by atoms with Crippen LogP contribution in [0, 0.1) is 0 Å². The molecule has 0 amide bonds. The molecule has 0 atom stereocenters. The lowest BCUT2D eigenvalue weighted by molar-refractivity contribution is 0.397. The monoisotopic (exact) mass is 359 g/mol. The van der Waals surface area contributed by atoms with E-state index in [-0.39, 0.29) is 11.1 Å². The molecule has 9 nitrogen and oxygen atoms in total. The zero-order chi connectivity index (χ0) is 17.8. The smallest absolute Gasteiger partial charge is 0.231 e. The number of halogens is 1. The number of ether oxygens (including phenoxy) is 2. The molecular weight excluding hydrogens is 346 g/mol. The molecule has 0 unspecified atom stereocenters. The molecule has 0 aliphatic carbocycles. The molecule has 0 aliphatic rings. The quantitative estimate of drug-likeness (QED) is 0.661. The van der Waals surface area contributed by atoms with E-state index in [4.69, 9.17) is 26.8 Å². The van der Waals surface area contributed by atoms with Crippen LogP contribution < -0.4 is 20.5 Å². The van der Waals surface area contributed by atoms with Crippen molar-refractivity contribution < 1.29 is 9.47 Å². The lowest BCUT2D eigenvalue weighted by atomic mass is 10.2. The van der Waals surface area contributed by atoms with Crippen molar-refractivity contribution in [3.8, 4) is 23.1 Å². The van der Waals surface area contributed by atoms with Crippen molar-refractivity contribution in [2.24, 2.45) is 0 Å². The molecule has 3 rings (SSSR count). The zero-order valence-electron chi connectivity index (χ0n) is 13.4. The summed E-state index contributed by atoms with van der Waals surface area (Å²) in [5, 5.41) is 3.30. The number of nitrogens with one attached hydrogen (secondary N) is 1. The summed E-state index contributed by atoms with van der Waals surface area (Å²) in [4.78, 5) is 20.7. The Kier molecular flexibility index (Phi) is 4.75. The van der Waals surface area contributed by atoms with Crippen molar-refractivity contribution >= 4 is 29.2 Å². The van der Waals surface area contributed by atoms with Crippen molar-refractivity contribution in [1.29, 1.82) is 0 Å². The minimum Gasteiger partial charge on any atom is -0.481 e. The molecule has 0 saturated heterocycles. The number of rotatable bonds is 5. The number of nitrogens with zero attached hydrogens (tertiary/aromatic N) is 5. The van der Waals surface area contributed by atoms with Gasteiger partial charge in [-0.15, -0.1) is 0 Å². The van der Waals surface area contributed by atoms with Crippen molar-refractivity contribution in [3.63, 3.8) is 0 Å². The normalized spacial score (nSPS) is 10.4. The van der Waals surface area contributed by atoms with E-state index in [1.165, 1.54) is 20.3 Å². The number of methoxy groups -OCH3 is 2. The first-order valence-electron chi connectivity index (χ1n) is 7.08.